The van der Waals surface area contributed by atoms with Crippen LogP contribution in [0.3, 0.4) is 0 Å². The summed E-state index contributed by atoms with van der Waals surface area (Å²) in [7, 11) is 0. The number of hydrogen-bond acceptors (Lipinski definition) is 0. The third-order valence-corrected chi connectivity index (χ3v) is 12.3. The number of fused-ring (bicyclic) bond motifs is 6. The van der Waals surface area contributed by atoms with Gasteiger partial charge in [0.15, 0.2) is 0 Å². The van der Waals surface area contributed by atoms with Crippen LogP contribution in [-0.4, -0.2) is 0 Å². The zero-order valence-corrected chi connectivity index (χ0v) is 25.0. The van der Waals surface area contributed by atoms with Crippen molar-refractivity contribution in [3.05, 3.63) is 156 Å². The fourth-order valence-corrected chi connectivity index (χ4v) is 11.1. The highest BCUT2D eigenvalue weighted by Gasteiger charge is 2.67. The Morgan fingerprint density at radius 1 is 0.386 bits per heavy atom. The second-order valence-electron chi connectivity index (χ2n) is 14.2. The summed E-state index contributed by atoms with van der Waals surface area (Å²) < 4.78 is 0. The first kappa shape index (κ1) is 25.0. The Bertz CT molecular complexity index is 2110. The Kier molecular flexibility index (Phi) is 5.14. The molecule has 44 heavy (non-hydrogen) atoms. The average Bonchev–Trinajstić information content (AvgIpc) is 3.08. The third kappa shape index (κ3) is 3.14. The summed E-state index contributed by atoms with van der Waals surface area (Å²) >= 11 is 0. The Morgan fingerprint density at radius 2 is 0.886 bits per heavy atom. The quantitative estimate of drug-likeness (QED) is 0.187. The van der Waals surface area contributed by atoms with E-state index in [0.717, 1.165) is 11.8 Å². The maximum absolute atomic E-state index is 2.53. The zero-order valence-electron chi connectivity index (χ0n) is 25.0. The van der Waals surface area contributed by atoms with E-state index in [4.69, 9.17) is 0 Å². The molecule has 4 aliphatic carbocycles. The summed E-state index contributed by atoms with van der Waals surface area (Å²) in [5.74, 6) is 2.22. The van der Waals surface area contributed by atoms with E-state index < -0.39 is 0 Å². The van der Waals surface area contributed by atoms with Crippen LogP contribution in [-0.2, 0) is 10.8 Å². The van der Waals surface area contributed by atoms with Crippen LogP contribution in [0, 0.1) is 17.8 Å². The molecule has 11 rings (SSSR count). The lowest BCUT2D eigenvalue weighted by Crippen LogP contribution is -2.65. The monoisotopic (exact) mass is 564 g/mol. The van der Waals surface area contributed by atoms with Crippen LogP contribution in [0.2, 0.25) is 0 Å². The molecule has 0 radical (unpaired) electrons. The van der Waals surface area contributed by atoms with Crippen LogP contribution in [0.1, 0.15) is 48.8 Å². The summed E-state index contributed by atoms with van der Waals surface area (Å²) in [5, 5.41) is 11.0. The van der Waals surface area contributed by atoms with Crippen molar-refractivity contribution >= 4 is 43.1 Å². The van der Waals surface area contributed by atoms with Gasteiger partial charge in [-0.3, -0.25) is 0 Å². The third-order valence-electron chi connectivity index (χ3n) is 12.3. The van der Waals surface area contributed by atoms with Gasteiger partial charge in [0.2, 0.25) is 0 Å². The van der Waals surface area contributed by atoms with E-state index in [1.807, 2.05) is 0 Å². The molecule has 0 spiro atoms. The van der Waals surface area contributed by atoms with Gasteiger partial charge in [-0.05, 0) is 110 Å². The zero-order chi connectivity index (χ0) is 28.9. The maximum Gasteiger partial charge on any atom is 0.0340 e. The highest BCUT2D eigenvalue weighted by molar-refractivity contribution is 6.11. The molecule has 0 nitrogen and oxygen atoms in total. The molecular formula is C44H36. The van der Waals surface area contributed by atoms with E-state index in [-0.39, 0.29) is 10.8 Å². The number of rotatable bonds is 3. The van der Waals surface area contributed by atoms with Gasteiger partial charge in [0.25, 0.3) is 0 Å². The Labute approximate surface area is 259 Å². The molecule has 7 aromatic carbocycles. The van der Waals surface area contributed by atoms with Gasteiger partial charge in [0.05, 0.1) is 0 Å². The fourth-order valence-electron chi connectivity index (χ4n) is 11.1. The van der Waals surface area contributed by atoms with Crippen LogP contribution >= 0.6 is 0 Å². The van der Waals surface area contributed by atoms with Crippen molar-refractivity contribution in [1.29, 1.82) is 0 Å². The first-order valence-corrected chi connectivity index (χ1v) is 16.6. The van der Waals surface area contributed by atoms with Crippen LogP contribution < -0.4 is 0 Å². The molecule has 0 N–H and O–H groups in total. The molecule has 4 aliphatic rings. The number of benzene rings is 7. The molecule has 4 saturated carbocycles. The van der Waals surface area contributed by atoms with E-state index in [1.165, 1.54) is 75.2 Å². The molecule has 7 aromatic rings. The Hall–Kier alpha value is -4.42. The van der Waals surface area contributed by atoms with Crippen LogP contribution in [0.5, 0.6) is 0 Å². The normalized spacial score (nSPS) is 25.3. The van der Waals surface area contributed by atoms with Crippen molar-refractivity contribution in [1.82, 2.24) is 0 Å². The van der Waals surface area contributed by atoms with Crippen LogP contribution in [0.15, 0.2) is 140 Å². The minimum absolute atomic E-state index is 0.0445. The summed E-state index contributed by atoms with van der Waals surface area (Å²) in [4.78, 5) is 0. The summed E-state index contributed by atoms with van der Waals surface area (Å²) in [6.07, 6.45) is 6.63. The molecule has 0 saturated heterocycles. The van der Waals surface area contributed by atoms with Crippen molar-refractivity contribution in [2.75, 3.05) is 0 Å². The van der Waals surface area contributed by atoms with Gasteiger partial charge >= 0.3 is 0 Å². The predicted octanol–water partition coefficient (Wildman–Crippen LogP) is 11.4. The number of hydrogen-bond donors (Lipinski definition) is 0. The second kappa shape index (κ2) is 9.05. The summed E-state index contributed by atoms with van der Waals surface area (Å²) in [6.45, 7) is 0. The Morgan fingerprint density at radius 3 is 1.45 bits per heavy atom. The van der Waals surface area contributed by atoms with Crippen molar-refractivity contribution in [3.8, 4) is 0 Å². The minimum atomic E-state index is -0.133. The highest BCUT2D eigenvalue weighted by Crippen LogP contribution is 2.72. The summed E-state index contributed by atoms with van der Waals surface area (Å²) in [5.41, 5.74) is 4.56. The molecule has 4 fully saturated rings. The van der Waals surface area contributed by atoms with Crippen molar-refractivity contribution in [2.24, 2.45) is 17.8 Å². The Balaban J connectivity index is 1.40. The predicted molar refractivity (Wildman–Crippen MR) is 185 cm³/mol. The van der Waals surface area contributed by atoms with Gasteiger partial charge in [0.1, 0.15) is 0 Å². The van der Waals surface area contributed by atoms with E-state index >= 15 is 0 Å². The maximum atomic E-state index is 2.53. The lowest BCUT2D eigenvalue weighted by Gasteiger charge is -2.69. The van der Waals surface area contributed by atoms with Crippen LogP contribution in [0.4, 0.5) is 0 Å². The fraction of sp³-hybridized carbons (Fsp3) is 0.227. The summed E-state index contributed by atoms with van der Waals surface area (Å²) in [6, 6.07) is 53.9. The van der Waals surface area contributed by atoms with E-state index in [9.17, 15) is 0 Å². The molecule has 0 amide bonds. The van der Waals surface area contributed by atoms with Gasteiger partial charge < -0.3 is 0 Å². The molecule has 0 aliphatic heterocycles. The van der Waals surface area contributed by atoms with Gasteiger partial charge in [0, 0.05) is 10.8 Å². The lowest BCUT2D eigenvalue weighted by atomic mass is 9.34. The molecule has 4 bridgehead atoms. The van der Waals surface area contributed by atoms with Gasteiger partial charge in [-0.1, -0.05) is 140 Å². The van der Waals surface area contributed by atoms with Gasteiger partial charge in [-0.15, -0.1) is 0 Å². The second-order valence-corrected chi connectivity index (χ2v) is 14.2. The SMILES string of the molecule is c1ccc(C23CC4CC(CC(C4)C2(c2cccc4c2ccc2ccccc24)c2cccc4c2ccc2ccccc24)C3)cc1. The first-order chi connectivity index (χ1) is 21.8. The van der Waals surface area contributed by atoms with E-state index in [0.29, 0.717) is 5.92 Å². The van der Waals surface area contributed by atoms with Crippen LogP contribution in [0.25, 0.3) is 43.1 Å². The topological polar surface area (TPSA) is 0 Å². The van der Waals surface area contributed by atoms with Gasteiger partial charge in [-0.2, -0.15) is 0 Å². The van der Waals surface area contributed by atoms with Crippen molar-refractivity contribution < 1.29 is 0 Å². The van der Waals surface area contributed by atoms with E-state index in [1.54, 1.807) is 16.7 Å². The molecule has 0 heterocycles. The minimum Gasteiger partial charge on any atom is -0.0622 e. The molecule has 212 valence electrons. The van der Waals surface area contributed by atoms with E-state index in [2.05, 4.69) is 140 Å². The smallest absolute Gasteiger partial charge is 0.0340 e. The molecule has 0 heteroatoms. The van der Waals surface area contributed by atoms with Crippen molar-refractivity contribution in [2.45, 2.75) is 42.9 Å². The largest absolute Gasteiger partial charge is 0.0622 e. The average molecular weight is 565 g/mol. The lowest BCUT2D eigenvalue weighted by molar-refractivity contribution is -0.0660. The highest BCUT2D eigenvalue weighted by atomic mass is 14.7. The first-order valence-electron chi connectivity index (χ1n) is 16.6. The van der Waals surface area contributed by atoms with Gasteiger partial charge in [-0.25, -0.2) is 0 Å². The molecule has 0 aromatic heterocycles. The standard InChI is InChI=1S/C44H36/c1-2-12-33(13-3-1)43-27-29-24-30(28-43)26-34(25-29)44(43,41-18-8-16-37-35-14-6-4-10-31(35)20-22-39(37)41)42-19-9-17-38-36-15-7-5-11-32(36)21-23-40(38)42/h1-23,29-30,34H,24-28H2. The molecule has 2 atom stereocenters. The molecule has 2 unspecified atom stereocenters. The van der Waals surface area contributed by atoms with Crippen molar-refractivity contribution in [3.63, 3.8) is 0 Å². The molecular weight excluding hydrogens is 528 g/mol.